The van der Waals surface area contributed by atoms with Gasteiger partial charge in [-0.25, -0.2) is 14.4 Å². The second-order valence-electron chi connectivity index (χ2n) is 5.74. The molecule has 0 aliphatic rings. The normalized spacial score (nSPS) is 10.3. The maximum Gasteiger partial charge on any atom is 0.274 e. The highest BCUT2D eigenvalue weighted by Crippen LogP contribution is 2.26. The van der Waals surface area contributed by atoms with E-state index in [1.54, 1.807) is 19.1 Å². The average molecular weight is 366 g/mol. The van der Waals surface area contributed by atoms with Gasteiger partial charge >= 0.3 is 0 Å². The average Bonchev–Trinajstić information content (AvgIpc) is 2.63. The number of carbonyl (C=O) groups excluding carboxylic acids is 1. The minimum Gasteiger partial charge on any atom is -0.492 e. The summed E-state index contributed by atoms with van der Waals surface area (Å²) in [6, 6.07) is 14.6. The molecule has 7 heteroatoms. The van der Waals surface area contributed by atoms with Crippen molar-refractivity contribution >= 4 is 23.2 Å². The molecule has 27 heavy (non-hydrogen) atoms. The highest BCUT2D eigenvalue weighted by atomic mass is 19.1. The second kappa shape index (κ2) is 8.27. The van der Waals surface area contributed by atoms with Gasteiger partial charge in [-0.2, -0.15) is 0 Å². The molecule has 0 aliphatic carbocycles. The van der Waals surface area contributed by atoms with Crippen LogP contribution in [0.15, 0.2) is 54.6 Å². The first-order chi connectivity index (χ1) is 13.0. The summed E-state index contributed by atoms with van der Waals surface area (Å²) >= 11 is 0. The molecule has 2 aromatic carbocycles. The zero-order chi connectivity index (χ0) is 19.2. The van der Waals surface area contributed by atoms with Crippen molar-refractivity contribution in [1.82, 2.24) is 9.97 Å². The van der Waals surface area contributed by atoms with Crippen LogP contribution in [0.5, 0.6) is 5.75 Å². The third kappa shape index (κ3) is 4.78. The SMILES string of the molecule is CCOc1ccccc1Nc1nc(C)cc(C(=O)Nc2cccc(F)c2)n1. The fraction of sp³-hybridized carbons (Fsp3) is 0.150. The first-order valence-corrected chi connectivity index (χ1v) is 8.46. The Morgan fingerprint density at radius 1 is 1.11 bits per heavy atom. The number of halogens is 1. The maximum atomic E-state index is 13.3. The molecule has 138 valence electrons. The number of carbonyl (C=O) groups is 1. The number of aromatic nitrogens is 2. The van der Waals surface area contributed by atoms with Gasteiger partial charge in [0.15, 0.2) is 0 Å². The van der Waals surface area contributed by atoms with Crippen LogP contribution in [0.25, 0.3) is 0 Å². The van der Waals surface area contributed by atoms with Gasteiger partial charge in [-0.3, -0.25) is 4.79 Å². The molecule has 0 saturated heterocycles. The number of benzene rings is 2. The lowest BCUT2D eigenvalue weighted by atomic mass is 10.2. The Morgan fingerprint density at radius 2 is 1.93 bits per heavy atom. The first kappa shape index (κ1) is 18.3. The van der Waals surface area contributed by atoms with E-state index in [-0.39, 0.29) is 11.6 Å². The maximum absolute atomic E-state index is 13.3. The molecule has 0 atom stereocenters. The molecule has 1 aromatic heterocycles. The Kier molecular flexibility index (Phi) is 5.61. The number of nitrogens with one attached hydrogen (secondary N) is 2. The molecular formula is C20H19FN4O2. The number of nitrogens with zero attached hydrogens (tertiary/aromatic N) is 2. The van der Waals surface area contributed by atoms with Gasteiger partial charge in [0.05, 0.1) is 12.3 Å². The van der Waals surface area contributed by atoms with Crippen LogP contribution < -0.4 is 15.4 Å². The van der Waals surface area contributed by atoms with E-state index in [2.05, 4.69) is 20.6 Å². The summed E-state index contributed by atoms with van der Waals surface area (Å²) in [5, 5.41) is 5.71. The lowest BCUT2D eigenvalue weighted by Crippen LogP contribution is -2.15. The van der Waals surface area contributed by atoms with E-state index in [9.17, 15) is 9.18 Å². The second-order valence-corrected chi connectivity index (χ2v) is 5.74. The lowest BCUT2D eigenvalue weighted by molar-refractivity contribution is 0.102. The zero-order valence-corrected chi connectivity index (χ0v) is 15.0. The van der Waals surface area contributed by atoms with Crippen molar-refractivity contribution < 1.29 is 13.9 Å². The summed E-state index contributed by atoms with van der Waals surface area (Å²) in [5.41, 5.74) is 1.84. The van der Waals surface area contributed by atoms with Gasteiger partial charge in [-0.1, -0.05) is 18.2 Å². The van der Waals surface area contributed by atoms with E-state index < -0.39 is 11.7 Å². The predicted molar refractivity (Wildman–Crippen MR) is 102 cm³/mol. The van der Waals surface area contributed by atoms with Crippen molar-refractivity contribution in [3.8, 4) is 5.75 Å². The summed E-state index contributed by atoms with van der Waals surface area (Å²) < 4.78 is 18.9. The van der Waals surface area contributed by atoms with Gasteiger partial charge in [0.2, 0.25) is 5.95 Å². The number of aryl methyl sites for hydroxylation is 1. The molecule has 2 N–H and O–H groups in total. The fourth-order valence-corrected chi connectivity index (χ4v) is 2.47. The molecule has 1 amide bonds. The van der Waals surface area contributed by atoms with Gasteiger partial charge in [0.1, 0.15) is 17.3 Å². The van der Waals surface area contributed by atoms with Crippen molar-refractivity contribution in [3.63, 3.8) is 0 Å². The van der Waals surface area contributed by atoms with Crippen LogP contribution in [0.4, 0.5) is 21.7 Å². The third-order valence-electron chi connectivity index (χ3n) is 3.60. The fourth-order valence-electron chi connectivity index (χ4n) is 2.47. The minimum absolute atomic E-state index is 0.170. The summed E-state index contributed by atoms with van der Waals surface area (Å²) in [6.07, 6.45) is 0. The third-order valence-corrected chi connectivity index (χ3v) is 3.60. The van der Waals surface area contributed by atoms with E-state index in [4.69, 9.17) is 4.74 Å². The molecule has 0 saturated carbocycles. The van der Waals surface area contributed by atoms with Crippen molar-refractivity contribution in [2.24, 2.45) is 0 Å². The zero-order valence-electron chi connectivity index (χ0n) is 15.0. The summed E-state index contributed by atoms with van der Waals surface area (Å²) in [4.78, 5) is 21.1. The predicted octanol–water partition coefficient (Wildman–Crippen LogP) is 4.32. The van der Waals surface area contributed by atoms with Crippen LogP contribution in [-0.4, -0.2) is 22.5 Å². The molecule has 0 fully saturated rings. The Labute approximate surface area is 156 Å². The molecule has 0 radical (unpaired) electrons. The molecule has 0 aliphatic heterocycles. The van der Waals surface area contributed by atoms with Gasteiger partial charge in [0, 0.05) is 11.4 Å². The molecule has 1 heterocycles. The smallest absolute Gasteiger partial charge is 0.274 e. The molecule has 3 rings (SSSR count). The van der Waals surface area contributed by atoms with Gasteiger partial charge in [0.25, 0.3) is 5.91 Å². The minimum atomic E-state index is -0.452. The Bertz CT molecular complexity index is 962. The number of hydrogen-bond donors (Lipinski definition) is 2. The highest BCUT2D eigenvalue weighted by Gasteiger charge is 2.13. The van der Waals surface area contributed by atoms with Crippen molar-refractivity contribution in [2.45, 2.75) is 13.8 Å². The van der Waals surface area contributed by atoms with Crippen LogP contribution in [0, 0.1) is 12.7 Å². The number of amides is 1. The molecular weight excluding hydrogens is 347 g/mol. The summed E-state index contributed by atoms with van der Waals surface area (Å²) in [5.74, 6) is 0.0520. The summed E-state index contributed by atoms with van der Waals surface area (Å²) in [6.45, 7) is 4.18. The topological polar surface area (TPSA) is 76.1 Å². The van der Waals surface area contributed by atoms with Crippen molar-refractivity contribution in [1.29, 1.82) is 0 Å². The van der Waals surface area contributed by atoms with E-state index in [0.717, 1.165) is 0 Å². The molecule has 3 aromatic rings. The standard InChI is InChI=1S/C20H19FN4O2/c1-3-27-18-10-5-4-9-16(18)24-20-22-13(2)11-17(25-20)19(26)23-15-8-6-7-14(21)12-15/h4-12H,3H2,1-2H3,(H,23,26)(H,22,24,25). The van der Waals surface area contributed by atoms with E-state index in [1.807, 2.05) is 31.2 Å². The van der Waals surface area contributed by atoms with Crippen molar-refractivity contribution in [2.75, 3.05) is 17.2 Å². The van der Waals surface area contributed by atoms with Crippen molar-refractivity contribution in [3.05, 3.63) is 71.8 Å². The number of rotatable bonds is 6. The molecule has 0 unspecified atom stereocenters. The van der Waals surface area contributed by atoms with Gasteiger partial charge in [-0.05, 0) is 50.2 Å². The Morgan fingerprint density at radius 3 is 2.70 bits per heavy atom. The number of para-hydroxylation sites is 2. The Hall–Kier alpha value is -3.48. The monoisotopic (exact) mass is 366 g/mol. The molecule has 6 nitrogen and oxygen atoms in total. The van der Waals surface area contributed by atoms with Crippen LogP contribution in [0.3, 0.4) is 0 Å². The summed E-state index contributed by atoms with van der Waals surface area (Å²) in [7, 11) is 0. The molecule has 0 spiro atoms. The Balaban J connectivity index is 1.83. The van der Waals surface area contributed by atoms with E-state index >= 15 is 0 Å². The number of hydrogen-bond acceptors (Lipinski definition) is 5. The largest absolute Gasteiger partial charge is 0.492 e. The highest BCUT2D eigenvalue weighted by molar-refractivity contribution is 6.03. The molecule has 0 bridgehead atoms. The number of anilines is 3. The van der Waals surface area contributed by atoms with E-state index in [1.165, 1.54) is 18.2 Å². The van der Waals surface area contributed by atoms with Crippen LogP contribution in [-0.2, 0) is 0 Å². The van der Waals surface area contributed by atoms with Crippen LogP contribution in [0.1, 0.15) is 23.1 Å². The quantitative estimate of drug-likeness (QED) is 0.679. The van der Waals surface area contributed by atoms with Gasteiger partial charge < -0.3 is 15.4 Å². The van der Waals surface area contributed by atoms with Crippen LogP contribution in [0.2, 0.25) is 0 Å². The first-order valence-electron chi connectivity index (χ1n) is 8.46. The number of ether oxygens (including phenoxy) is 1. The van der Waals surface area contributed by atoms with Gasteiger partial charge in [-0.15, -0.1) is 0 Å². The van der Waals surface area contributed by atoms with Crippen LogP contribution >= 0.6 is 0 Å². The van der Waals surface area contributed by atoms with E-state index in [0.29, 0.717) is 29.4 Å². The lowest BCUT2D eigenvalue weighted by Gasteiger charge is -2.12.